The molecule has 114 heavy (non-hydrogen) atoms. The molecule has 2 aromatic heterocycles. The van der Waals surface area contributed by atoms with E-state index in [1.54, 1.807) is 85.1 Å². The molecule has 0 saturated carbocycles. The number of aliphatic carboxylic acids is 5. The summed E-state index contributed by atoms with van der Waals surface area (Å²) in [5.41, 5.74) is 45.9. The van der Waals surface area contributed by atoms with Crippen LogP contribution in [0.1, 0.15) is 49.3 Å². The first kappa shape index (κ1) is 91.6. The number of ether oxygens (including phenoxy) is 2. The number of carbonyl (C=O) groups is 5. The fourth-order valence-electron chi connectivity index (χ4n) is 9.82. The van der Waals surface area contributed by atoms with Crippen LogP contribution in [0.15, 0.2) is 164 Å². The maximum atomic E-state index is 10.9. The lowest BCUT2D eigenvalue weighted by molar-refractivity contribution is -0.139. The smallest absolute Gasteiger partial charge is 0.320 e. The molecule has 11 rings (SSSR count). The molecule has 0 fully saturated rings. The summed E-state index contributed by atoms with van der Waals surface area (Å²) in [5, 5.41) is 129. The lowest BCUT2D eigenvalue weighted by Gasteiger charge is -2.14. The molecule has 0 saturated heterocycles. The molecule has 30 nitrogen and oxygen atoms in total. The van der Waals surface area contributed by atoms with Crippen LogP contribution in [0.3, 0.4) is 0 Å². The summed E-state index contributed by atoms with van der Waals surface area (Å²) in [4.78, 5) is 59.4. The first-order chi connectivity index (χ1) is 56.7. The van der Waals surface area contributed by atoms with Crippen LogP contribution in [0.4, 0.5) is 0 Å². The number of H-pyrrole nitrogens is 2. The minimum atomic E-state index is -1.10. The highest BCUT2D eigenvalue weighted by molar-refractivity contribution is 14.1. The van der Waals surface area contributed by atoms with Crippen LogP contribution in [0.25, 0.3) is 21.8 Å². The van der Waals surface area contributed by atoms with E-state index in [0.29, 0.717) is 64.5 Å². The van der Waals surface area contributed by atoms with Crippen molar-refractivity contribution in [2.75, 3.05) is 13.1 Å². The van der Waals surface area contributed by atoms with Gasteiger partial charge in [-0.15, -0.1) is 0 Å². The number of phenols is 9. The molecule has 0 aliphatic heterocycles. The zero-order valence-corrected chi connectivity index (χ0v) is 74.7. The van der Waals surface area contributed by atoms with E-state index in [9.17, 15) is 44.4 Å². The van der Waals surface area contributed by atoms with Gasteiger partial charge in [-0.2, -0.15) is 0 Å². The van der Waals surface area contributed by atoms with E-state index < -0.39 is 60.1 Å². The summed E-state index contributed by atoms with van der Waals surface area (Å²) < 4.78 is 47.5. The predicted molar refractivity (Wildman–Crippen MR) is 496 cm³/mol. The van der Waals surface area contributed by atoms with Crippen molar-refractivity contribution >= 4 is 210 Å². The van der Waals surface area contributed by atoms with Gasteiger partial charge in [0, 0.05) is 51.0 Å². The molecular formula is C77H88I7N9O21. The first-order valence-corrected chi connectivity index (χ1v) is 40.9. The number of hydrogen-bond acceptors (Lipinski definition) is 23. The molecule has 9 aromatic carbocycles. The molecule has 11 aromatic rings. The van der Waals surface area contributed by atoms with Gasteiger partial charge in [0.2, 0.25) is 0 Å². The van der Waals surface area contributed by atoms with Crippen molar-refractivity contribution in [2.24, 2.45) is 40.1 Å². The van der Waals surface area contributed by atoms with Crippen LogP contribution in [0.5, 0.6) is 74.7 Å². The molecule has 0 bridgehead atoms. The normalized spacial score (nSPS) is 12.1. The number of rotatable bonds is 23. The van der Waals surface area contributed by atoms with Crippen LogP contribution in [0.2, 0.25) is 0 Å². The van der Waals surface area contributed by atoms with Crippen LogP contribution in [0, 0.1) is 25.0 Å². The van der Waals surface area contributed by atoms with Gasteiger partial charge in [0.05, 0.1) is 25.0 Å². The van der Waals surface area contributed by atoms with Crippen molar-refractivity contribution in [3.63, 3.8) is 0 Å². The summed E-state index contributed by atoms with van der Waals surface area (Å²) >= 11 is 14.7. The van der Waals surface area contributed by atoms with Crippen molar-refractivity contribution in [2.45, 2.75) is 75.2 Å². The van der Waals surface area contributed by atoms with E-state index >= 15 is 0 Å². The van der Waals surface area contributed by atoms with Crippen molar-refractivity contribution in [1.29, 1.82) is 0 Å². The Hall–Kier alpha value is -7.96. The van der Waals surface area contributed by atoms with Crippen molar-refractivity contribution in [3.8, 4) is 74.7 Å². The number of carboxylic acid groups (broad SMARTS) is 5. The SMILES string of the molecule is NC(Cc1c[nH]c2ccc(O)cc12)C(=O)O.NC(Cc1cc(I)c(Oc2cc(I)c(O)c(I)c2)c(I)c1)C(=O)O.NC(Cc1cc(I)c(Oc2ccc(O)c(I)c2)c(I)c1)C(=O)O.NC(Cc1ccc(O)c(O)c1)C(=O)O.NC(Cc1ccc(O)cc1)C(=O)O.NCCc1c[nH]c2ccc(O)cc12.NCCc1ccc(O)c(O)c1.[3HH].[3H][3H].[3H][3H].[3H][3H]. The van der Waals surface area contributed by atoms with Gasteiger partial charge < -0.3 is 131 Å². The highest BCUT2D eigenvalue weighted by atomic mass is 127. The molecule has 0 aliphatic rings. The number of aromatic hydroxyl groups is 9. The van der Waals surface area contributed by atoms with E-state index in [1.165, 1.54) is 42.5 Å². The molecule has 37 heteroatoms. The second-order valence-corrected chi connectivity index (χ2v) is 32.7. The lowest BCUT2D eigenvalue weighted by Crippen LogP contribution is -2.32. The molecule has 2 heterocycles. The molecular weight excluding hydrogens is 2280 g/mol. The number of nitrogens with two attached hydrogens (primary N) is 7. The van der Waals surface area contributed by atoms with Gasteiger partial charge >= 0.3 is 29.8 Å². The summed E-state index contributed by atoms with van der Waals surface area (Å²) in [6.07, 6.45) is 6.36. The van der Waals surface area contributed by atoms with Crippen LogP contribution in [-0.4, -0.2) is 155 Å². The van der Waals surface area contributed by atoms with Crippen LogP contribution < -0.4 is 49.6 Å². The van der Waals surface area contributed by atoms with Crippen molar-refractivity contribution < 1.29 is 115 Å². The zero-order chi connectivity index (χ0) is 91.0. The van der Waals surface area contributed by atoms with E-state index in [-0.39, 0.29) is 79.5 Å². The molecule has 30 N–H and O–H groups in total. The molecule has 0 radical (unpaired) electrons. The second-order valence-electron chi connectivity index (χ2n) is 24.6. The Morgan fingerprint density at radius 2 is 0.684 bits per heavy atom. The van der Waals surface area contributed by atoms with Gasteiger partial charge in [-0.25, -0.2) is 0 Å². The summed E-state index contributed by atoms with van der Waals surface area (Å²) in [5.74, 6) is -2.18. The highest BCUT2D eigenvalue weighted by Gasteiger charge is 2.21. The maximum Gasteiger partial charge on any atom is 0.320 e. The topological polar surface area (TPSA) is 601 Å². The molecule has 0 aliphatic carbocycles. The Labute approximate surface area is 758 Å². The third-order valence-electron chi connectivity index (χ3n) is 15.7. The largest absolute Gasteiger partial charge is 0.508 e. The first-order valence-electron chi connectivity index (χ1n) is 36.4. The molecule has 0 amide bonds. The number of aromatic nitrogens is 2. The van der Waals surface area contributed by atoms with Crippen molar-refractivity contribution in [3.05, 3.63) is 228 Å². The Kier molecular flexibility index (Phi) is 38.0. The predicted octanol–water partition coefficient (Wildman–Crippen LogP) is 12.7. The van der Waals surface area contributed by atoms with Gasteiger partial charge in [0.1, 0.15) is 70.5 Å². The fourth-order valence-corrected chi connectivity index (χ4v) is 16.2. The minimum Gasteiger partial charge on any atom is -0.508 e. The van der Waals surface area contributed by atoms with E-state index in [0.717, 1.165) is 75.9 Å². The van der Waals surface area contributed by atoms with Gasteiger partial charge in [-0.3, -0.25) is 24.0 Å². The number of phenolic OH excluding ortho intramolecular Hbond substituents is 9. The third-order valence-corrected chi connectivity index (χ3v) is 21.4. The van der Waals surface area contributed by atoms with Gasteiger partial charge in [-0.1, -0.05) is 24.3 Å². The molecule has 0 spiro atoms. The van der Waals surface area contributed by atoms with Crippen molar-refractivity contribution in [1.82, 2.24) is 9.97 Å². The average molecular weight is 2380 g/mol. The van der Waals surface area contributed by atoms with Crippen LogP contribution in [-0.2, 0) is 68.9 Å². The summed E-state index contributed by atoms with van der Waals surface area (Å²) in [6, 6.07) is 36.7. The Balaban J connectivity index is 0.000000708. The molecule has 5 unspecified atom stereocenters. The highest BCUT2D eigenvalue weighted by Crippen LogP contribution is 2.39. The summed E-state index contributed by atoms with van der Waals surface area (Å²) in [7, 11) is 0. The number of halogens is 7. The second kappa shape index (κ2) is 47.3. The fraction of sp³-hybridized carbons (Fsp3) is 0.182. The number of hydrogen-bond donors (Lipinski definition) is 23. The number of carboxylic acids is 5. The Bertz CT molecular complexity index is 5090. The Morgan fingerprint density at radius 1 is 0.342 bits per heavy atom. The lowest BCUT2D eigenvalue weighted by atomic mass is 10.1. The zero-order valence-electron chi connectivity index (χ0n) is 65.6. The molecule has 5 atom stereocenters. The average Bonchev–Trinajstić information content (AvgIpc) is 1.78. The minimum absolute atomic E-state index is 0. The van der Waals surface area contributed by atoms with E-state index in [4.69, 9.17) is 110 Å². The number of benzene rings is 9. The number of nitrogens with one attached hydrogen (secondary N) is 2. The van der Waals surface area contributed by atoms with E-state index in [2.05, 4.69) is 146 Å². The Morgan fingerprint density at radius 3 is 1.10 bits per heavy atom. The standard InChI is InChI=1S/C15H11I4NO4.C15H12I3NO4.C11H12N2O3.C10H12N2O.C9H11NO4.C9H11NO3.C8H11NO2.4H2/c16-8-4-7(5-9(17)13(8)21)24-14-10(18)1-6(2-11(14)19)3-12(20)15(22)23;16-9-6-8(1-2-13(9)20)23-14-10(17)3-7(4-11(14)18)5-12(19)15(21)22;12-9(11(15)16)3-6-5-13-10-2-1-7(14)4-8(6)10;11-4-3-7-6-12-10-2-1-8(13)5-9(7)10;10-6(9(13)14)3-5-1-2-7(11)8(12)4-5;10-8(9(12)13)5-6-1-3-7(11)4-2-6;9-4-3-6-1-2-7(10)8(11)5-6;;;;/h1-2,4-5,12,21H,3,20H2,(H,22,23);1-4,6,12,20H,5,19H2,(H,21,22);1-2,4-5,9,13-14H,3,12H2,(H,15,16);1-2,5-6,12-13H,3-4,11H2;1-2,4,6,11-12H,3,10H2,(H,13,14);1-4,8,11H,5,10H2,(H,12,13);1-2,5,10-11H,3-4,9H2;4*1H/i;;;;;;;3*1+2T;1+2. The quantitative estimate of drug-likeness (QED) is 0.0209. The van der Waals surface area contributed by atoms with Gasteiger partial charge in [0.25, 0.3) is 0 Å². The summed E-state index contributed by atoms with van der Waals surface area (Å²) in [6.45, 7) is 1.17. The monoisotopic (exact) mass is 2380 g/mol. The number of aromatic amines is 2. The maximum absolute atomic E-state index is 10.9. The molecule has 616 valence electrons. The van der Waals surface area contributed by atoms with Crippen LogP contribution >= 0.6 is 158 Å². The number of fused-ring (bicyclic) bond motifs is 2. The van der Waals surface area contributed by atoms with Gasteiger partial charge in [0.15, 0.2) is 34.5 Å². The third kappa shape index (κ3) is 31.6. The van der Waals surface area contributed by atoms with Gasteiger partial charge in [-0.05, 0) is 376 Å². The van der Waals surface area contributed by atoms with E-state index in [1.807, 2.05) is 59.1 Å².